The third kappa shape index (κ3) is 8.75. The van der Waals surface area contributed by atoms with Crippen molar-refractivity contribution in [3.63, 3.8) is 0 Å². The van der Waals surface area contributed by atoms with E-state index in [4.69, 9.17) is 14.2 Å². The van der Waals surface area contributed by atoms with Crippen LogP contribution in [0.1, 0.15) is 51.6 Å². The average Bonchev–Trinajstić information content (AvgIpc) is 3.86. The molecule has 4 aliphatic rings. The number of anilines is 2. The van der Waals surface area contributed by atoms with Crippen LogP contribution in [0.15, 0.2) is 152 Å². The molecule has 3 amide bonds. The second-order valence-electron chi connectivity index (χ2n) is 18.2. The molecule has 71 heavy (non-hydrogen) atoms. The Hall–Kier alpha value is -7.90. The van der Waals surface area contributed by atoms with E-state index in [0.717, 1.165) is 16.0 Å². The molecule has 0 saturated carbocycles. The fraction of sp³-hybridized carbons (Fsp3) is 0.286. The number of benzene rings is 5. The van der Waals surface area contributed by atoms with Crippen molar-refractivity contribution in [2.24, 2.45) is 5.92 Å². The monoisotopic (exact) mass is 951 g/mol. The molecule has 15 heteroatoms. The first-order valence-electron chi connectivity index (χ1n) is 23.7. The van der Waals surface area contributed by atoms with Gasteiger partial charge in [-0.05, 0) is 71.3 Å². The number of methoxy groups -OCH3 is 1. The predicted molar refractivity (Wildman–Crippen MR) is 264 cm³/mol. The quantitative estimate of drug-likeness (QED) is 0.0858. The van der Waals surface area contributed by atoms with Gasteiger partial charge in [0.2, 0.25) is 17.8 Å². The predicted octanol–water partition coefficient (Wildman–Crippen LogP) is 6.46. The van der Waals surface area contributed by atoms with Gasteiger partial charge in [-0.3, -0.25) is 24.2 Å². The molecule has 3 saturated heterocycles. The summed E-state index contributed by atoms with van der Waals surface area (Å²) in [6.07, 6.45) is 1.46. The number of piperazine rings is 1. The number of fused-ring (bicyclic) bond motifs is 3. The molecule has 6 unspecified atom stereocenters. The zero-order valence-corrected chi connectivity index (χ0v) is 39.4. The van der Waals surface area contributed by atoms with Crippen LogP contribution in [0.3, 0.4) is 0 Å². The van der Waals surface area contributed by atoms with Gasteiger partial charge in [-0.2, -0.15) is 0 Å². The number of imide groups is 1. The van der Waals surface area contributed by atoms with Gasteiger partial charge >= 0.3 is 12.1 Å². The normalized spacial score (nSPS) is 22.7. The number of hydrogen-bond donors (Lipinski definition) is 1. The van der Waals surface area contributed by atoms with E-state index in [1.807, 2.05) is 95.7 Å². The Kier molecular flexibility index (Phi) is 13.3. The Labute approximate surface area is 412 Å². The molecule has 5 heterocycles. The minimum absolute atomic E-state index is 0.0265. The van der Waals surface area contributed by atoms with Crippen molar-refractivity contribution in [2.75, 3.05) is 69.9 Å². The molecule has 15 nitrogen and oxygen atoms in total. The smallest absolute Gasteiger partial charge is 0.421 e. The van der Waals surface area contributed by atoms with Crippen molar-refractivity contribution in [3.8, 4) is 17.6 Å². The molecular formula is C56H53N7O8. The van der Waals surface area contributed by atoms with Gasteiger partial charge in [-0.25, -0.2) is 19.7 Å². The number of rotatable bonds is 11. The van der Waals surface area contributed by atoms with Gasteiger partial charge in [0.1, 0.15) is 29.9 Å². The highest BCUT2D eigenvalue weighted by atomic mass is 16.6. The largest absolute Gasteiger partial charge is 0.508 e. The molecule has 1 spiro atoms. The molecule has 0 bridgehead atoms. The van der Waals surface area contributed by atoms with Crippen molar-refractivity contribution in [3.05, 3.63) is 185 Å². The van der Waals surface area contributed by atoms with Crippen molar-refractivity contribution in [1.29, 1.82) is 0 Å². The number of aromatic hydroxyl groups is 1. The minimum atomic E-state index is -2.01. The maximum atomic E-state index is 16.5. The molecule has 3 fully saturated rings. The molecule has 6 atom stereocenters. The Morgan fingerprint density at radius 3 is 2.13 bits per heavy atom. The van der Waals surface area contributed by atoms with Crippen LogP contribution in [-0.4, -0.2) is 120 Å². The summed E-state index contributed by atoms with van der Waals surface area (Å²) >= 11 is 0. The molecule has 1 N–H and O–H groups in total. The minimum Gasteiger partial charge on any atom is -0.508 e. The highest BCUT2D eigenvalue weighted by Gasteiger charge is 2.76. The summed E-state index contributed by atoms with van der Waals surface area (Å²) in [4.78, 5) is 80.5. The molecular weight excluding hydrogens is 899 g/mol. The van der Waals surface area contributed by atoms with E-state index in [1.165, 1.54) is 19.2 Å². The number of amides is 3. The molecule has 360 valence electrons. The van der Waals surface area contributed by atoms with E-state index in [1.54, 1.807) is 53.7 Å². The Morgan fingerprint density at radius 1 is 0.789 bits per heavy atom. The van der Waals surface area contributed by atoms with Gasteiger partial charge in [-0.15, -0.1) is 0 Å². The Bertz CT molecular complexity index is 2950. The maximum absolute atomic E-state index is 16.5. The van der Waals surface area contributed by atoms with Crippen LogP contribution >= 0.6 is 0 Å². The zero-order valence-electron chi connectivity index (χ0n) is 39.4. The lowest BCUT2D eigenvalue weighted by atomic mass is 9.65. The topological polar surface area (TPSA) is 158 Å². The second-order valence-corrected chi connectivity index (χ2v) is 18.2. The van der Waals surface area contributed by atoms with E-state index in [2.05, 4.69) is 38.8 Å². The second kappa shape index (κ2) is 20.2. The van der Waals surface area contributed by atoms with Gasteiger partial charge in [-0.1, -0.05) is 115 Å². The van der Waals surface area contributed by atoms with Crippen molar-refractivity contribution in [1.82, 2.24) is 24.7 Å². The van der Waals surface area contributed by atoms with Gasteiger partial charge < -0.3 is 29.1 Å². The van der Waals surface area contributed by atoms with Crippen LogP contribution in [0.2, 0.25) is 0 Å². The number of nitrogens with zero attached hydrogens (tertiary/aromatic N) is 7. The summed E-state index contributed by atoms with van der Waals surface area (Å²) in [7, 11) is 3.46. The lowest BCUT2D eigenvalue weighted by Gasteiger charge is -2.46. The molecule has 0 aliphatic carbocycles. The van der Waals surface area contributed by atoms with Crippen LogP contribution in [-0.2, 0) is 40.6 Å². The number of morpholine rings is 1. The van der Waals surface area contributed by atoms with E-state index in [9.17, 15) is 9.90 Å². The Balaban J connectivity index is 1.19. The van der Waals surface area contributed by atoms with Gasteiger partial charge in [0.05, 0.1) is 36.8 Å². The fourth-order valence-electron chi connectivity index (χ4n) is 10.9. The van der Waals surface area contributed by atoms with Crippen molar-refractivity contribution in [2.45, 2.75) is 36.2 Å². The van der Waals surface area contributed by atoms with E-state index < -0.39 is 59.4 Å². The maximum Gasteiger partial charge on any atom is 0.421 e. The first-order chi connectivity index (χ1) is 34.7. The third-order valence-electron chi connectivity index (χ3n) is 13.9. The first kappa shape index (κ1) is 46.8. The number of esters is 1. The average molecular weight is 952 g/mol. The summed E-state index contributed by atoms with van der Waals surface area (Å²) in [5, 5.41) is 10.8. The molecule has 1 aromatic heterocycles. The molecule has 0 radical (unpaired) electrons. The molecule has 10 rings (SSSR count). The van der Waals surface area contributed by atoms with Crippen molar-refractivity contribution >= 4 is 35.5 Å². The van der Waals surface area contributed by atoms with E-state index in [-0.39, 0.29) is 37.7 Å². The van der Waals surface area contributed by atoms with E-state index in [0.29, 0.717) is 54.4 Å². The van der Waals surface area contributed by atoms with E-state index >= 15 is 14.4 Å². The highest BCUT2D eigenvalue weighted by Crippen LogP contribution is 2.66. The van der Waals surface area contributed by atoms with Crippen LogP contribution in [0.4, 0.5) is 16.4 Å². The van der Waals surface area contributed by atoms with Gasteiger partial charge in [0.15, 0.2) is 0 Å². The number of carbonyl (C=O) groups excluding carboxylic acids is 4. The molecule has 4 aliphatic heterocycles. The summed E-state index contributed by atoms with van der Waals surface area (Å²) in [6.45, 7) is 2.17. The van der Waals surface area contributed by atoms with Crippen LogP contribution in [0, 0.1) is 17.8 Å². The summed E-state index contributed by atoms with van der Waals surface area (Å²) in [5.74, 6) is 3.72. The number of ether oxygens (including phenoxy) is 3. The number of carbonyl (C=O) groups is 4. The summed E-state index contributed by atoms with van der Waals surface area (Å²) < 4.78 is 17.6. The zero-order chi connectivity index (χ0) is 49.1. The molecule has 6 aromatic rings. The summed E-state index contributed by atoms with van der Waals surface area (Å²) in [5.41, 5.74) is 2.17. The fourth-order valence-corrected chi connectivity index (χ4v) is 10.9. The number of phenols is 1. The van der Waals surface area contributed by atoms with Crippen molar-refractivity contribution < 1.29 is 38.5 Å². The third-order valence-corrected chi connectivity index (χ3v) is 13.9. The van der Waals surface area contributed by atoms with Crippen LogP contribution in [0.25, 0.3) is 0 Å². The number of phenolic OH excluding ortho intramolecular Hbond substituents is 1. The number of cyclic esters (lactones) is 1. The van der Waals surface area contributed by atoms with Gasteiger partial charge in [0, 0.05) is 57.8 Å². The highest BCUT2D eigenvalue weighted by molar-refractivity contribution is 6.23. The number of hydrogen-bond acceptors (Lipinski definition) is 13. The standard InChI is InChI=1S/C56H53N7O8/c1-59(37-39-14-6-3-7-15-39)29-12-16-38-21-26-45-44(36-38)56(53(67)62(45)55(68)70-35-34-69-2)46(51(65)60-30-32-61(33-31-60)54-57-27-13-28-58-54)48-52(66)71-49(41-19-10-5-11-20-41)47(40-17-8-4-9-18-40)63(48)50(56)42-22-24-43(64)25-23-42/h3-11,13-15,17-28,36,46-50,64H,29-35,37H2,1-2H3. The Morgan fingerprint density at radius 2 is 1.45 bits per heavy atom. The number of aromatic nitrogens is 2. The van der Waals surface area contributed by atoms with Gasteiger partial charge in [0.25, 0.3) is 0 Å². The van der Waals surface area contributed by atoms with Crippen LogP contribution < -0.4 is 9.80 Å². The SMILES string of the molecule is COCCOC(=O)N1C(=O)C2(c3cc(C#CCN(C)Cc4ccccc4)ccc31)C(C(=O)N1CCN(c3ncccn3)CC1)C1C(=O)OC(c3ccccc3)C(c3ccccc3)N1C2c1ccc(O)cc1. The first-order valence-corrected chi connectivity index (χ1v) is 23.7. The molecule has 5 aromatic carbocycles. The van der Waals surface area contributed by atoms with Crippen LogP contribution in [0.5, 0.6) is 5.75 Å². The summed E-state index contributed by atoms with van der Waals surface area (Å²) in [6, 6.07) is 39.2. The lowest BCUT2D eigenvalue weighted by Crippen LogP contribution is -2.59. The lowest BCUT2D eigenvalue weighted by molar-refractivity contribution is -0.179.